The second-order valence-corrected chi connectivity index (χ2v) is 19.4. The first-order chi connectivity index (χ1) is 32.5. The van der Waals surface area contributed by atoms with Crippen molar-refractivity contribution in [1.29, 1.82) is 5.26 Å². The number of ether oxygens (including phenoxy) is 2. The SMILES string of the molecule is Cc1cc(N2C(=O)CN(c3ccc(-c4ccc(OCCCCOCC(=O)N[C@H](C(=O)N5C[C@H](O)C[C@H]5C(=O)CCc5ccc(-c6scnc6C)cc5)C(C)(C)C)cc4F)cc3)C2=S)ccc1C#N. The summed E-state index contributed by atoms with van der Waals surface area (Å²) in [6, 6.07) is 25.3. The number of thiazole rings is 1. The number of carbonyl (C=O) groups excluding carboxylic acids is 4. The van der Waals surface area contributed by atoms with Crippen molar-refractivity contribution in [3.05, 3.63) is 119 Å². The van der Waals surface area contributed by atoms with Gasteiger partial charge in [0.05, 0.1) is 52.2 Å². The third-order valence-corrected chi connectivity index (χ3v) is 13.5. The molecule has 0 aliphatic carbocycles. The fraction of sp³-hybridized carbons (Fsp3) is 0.365. The molecule has 1 aromatic heterocycles. The lowest BCUT2D eigenvalue weighted by molar-refractivity contribution is -0.144. The van der Waals surface area contributed by atoms with Crippen LogP contribution in [0, 0.1) is 36.4 Å². The van der Waals surface area contributed by atoms with E-state index >= 15 is 4.39 Å². The predicted molar refractivity (Wildman–Crippen MR) is 264 cm³/mol. The molecule has 2 aliphatic heterocycles. The molecular weight excluding hydrogens is 904 g/mol. The Labute approximate surface area is 405 Å². The van der Waals surface area contributed by atoms with Crippen LogP contribution >= 0.6 is 23.6 Å². The molecule has 0 unspecified atom stereocenters. The highest BCUT2D eigenvalue weighted by atomic mass is 32.1. The van der Waals surface area contributed by atoms with Crippen LogP contribution < -0.4 is 19.9 Å². The molecular formula is C52H55FN6O7S2. The lowest BCUT2D eigenvalue weighted by Gasteiger charge is -2.35. The van der Waals surface area contributed by atoms with Crippen LogP contribution in [0.4, 0.5) is 15.8 Å². The summed E-state index contributed by atoms with van der Waals surface area (Å²) in [5.41, 5.74) is 7.70. The summed E-state index contributed by atoms with van der Waals surface area (Å²) in [7, 11) is 0. The quantitative estimate of drug-likeness (QED) is 0.0644. The standard InChI is InChI=1S/C52H55FN6O7S2/c1-32-24-39(18-15-37(32)27-54)59-47(63)29-57(51(59)67)38-16-13-35(14-17-38)42-20-19-41(26-43(42)53)66-23-7-6-22-65-30-46(62)56-49(52(3,4)5)50(64)58-28-40(60)25-44(58)45(61)21-10-34-8-11-36(12-9-34)48-33(2)55-31-68-48/h8-9,11-20,24,26,31,40,44,49,60H,6-7,10,21-23,25,28-30H2,1-5H3,(H,56,62)/t40-,44+,49-/m1/s1. The molecule has 2 aliphatic rings. The van der Waals surface area contributed by atoms with Crippen LogP contribution in [0.5, 0.6) is 5.75 Å². The lowest BCUT2D eigenvalue weighted by atomic mass is 9.85. The summed E-state index contributed by atoms with van der Waals surface area (Å²) in [5, 5.41) is 23.0. The number of likely N-dealkylation sites (tertiary alicyclic amines) is 1. The van der Waals surface area contributed by atoms with Crippen molar-refractivity contribution in [2.45, 2.75) is 84.9 Å². The molecule has 2 saturated heterocycles. The van der Waals surface area contributed by atoms with E-state index < -0.39 is 41.2 Å². The van der Waals surface area contributed by atoms with Gasteiger partial charge in [0.25, 0.3) is 5.91 Å². The summed E-state index contributed by atoms with van der Waals surface area (Å²) in [6.07, 6.45) is 1.13. The first kappa shape index (κ1) is 49.5. The molecule has 7 rings (SSSR count). The first-order valence-electron chi connectivity index (χ1n) is 22.6. The number of Topliss-reactive ketones (excluding diaryl/α,β-unsaturated/α-hetero) is 1. The van der Waals surface area contributed by atoms with Gasteiger partial charge in [-0.15, -0.1) is 11.3 Å². The summed E-state index contributed by atoms with van der Waals surface area (Å²) >= 11 is 7.25. The number of aliphatic hydroxyl groups excluding tert-OH is 1. The number of aliphatic hydroxyl groups is 1. The third kappa shape index (κ3) is 11.6. The Morgan fingerprint density at radius 1 is 0.985 bits per heavy atom. The monoisotopic (exact) mass is 958 g/mol. The Kier molecular flexibility index (Phi) is 15.8. The number of aryl methyl sites for hydroxylation is 3. The lowest BCUT2D eigenvalue weighted by Crippen LogP contribution is -2.57. The molecule has 2 N–H and O–H groups in total. The van der Waals surface area contributed by atoms with E-state index in [0.717, 1.165) is 27.3 Å². The van der Waals surface area contributed by atoms with Crippen molar-refractivity contribution in [3.8, 4) is 33.4 Å². The van der Waals surface area contributed by atoms with E-state index in [0.29, 0.717) is 58.2 Å². The number of aromatic nitrogens is 1. The number of nitrogens with one attached hydrogen (secondary N) is 1. The van der Waals surface area contributed by atoms with Crippen molar-refractivity contribution in [1.82, 2.24) is 15.2 Å². The first-order valence-corrected chi connectivity index (χ1v) is 23.9. The molecule has 0 spiro atoms. The minimum atomic E-state index is -0.958. The topological polar surface area (TPSA) is 165 Å². The van der Waals surface area contributed by atoms with Gasteiger partial charge in [-0.1, -0.05) is 57.2 Å². The summed E-state index contributed by atoms with van der Waals surface area (Å²) in [5.74, 6) is -1.33. The molecule has 4 aromatic carbocycles. The highest BCUT2D eigenvalue weighted by Crippen LogP contribution is 2.33. The molecule has 16 heteroatoms. The molecule has 3 amide bonds. The van der Waals surface area contributed by atoms with E-state index in [1.165, 1.54) is 15.9 Å². The minimum absolute atomic E-state index is 0.00671. The van der Waals surface area contributed by atoms with E-state index in [1.54, 1.807) is 77.8 Å². The largest absolute Gasteiger partial charge is 0.493 e. The number of hydrogen-bond donors (Lipinski definition) is 2. The van der Waals surface area contributed by atoms with Gasteiger partial charge in [0.2, 0.25) is 11.8 Å². The predicted octanol–water partition coefficient (Wildman–Crippen LogP) is 8.11. The number of ketones is 1. The smallest absolute Gasteiger partial charge is 0.253 e. The second-order valence-electron chi connectivity index (χ2n) is 18.2. The average Bonchev–Trinajstić information content (AvgIpc) is 4.01. The van der Waals surface area contributed by atoms with Crippen LogP contribution in [-0.2, 0) is 30.3 Å². The fourth-order valence-corrected chi connectivity index (χ4v) is 9.58. The van der Waals surface area contributed by atoms with Crippen LogP contribution in [-0.4, -0.2) is 94.7 Å². The van der Waals surface area contributed by atoms with Gasteiger partial charge >= 0.3 is 0 Å². The molecule has 0 saturated carbocycles. The van der Waals surface area contributed by atoms with Crippen LogP contribution in [0.2, 0.25) is 0 Å². The summed E-state index contributed by atoms with van der Waals surface area (Å²) in [6.45, 7) is 9.59. The fourth-order valence-electron chi connectivity index (χ4n) is 8.39. The zero-order chi connectivity index (χ0) is 48.7. The van der Waals surface area contributed by atoms with E-state index in [1.807, 2.05) is 57.5 Å². The van der Waals surface area contributed by atoms with Crippen LogP contribution in [0.1, 0.15) is 68.8 Å². The van der Waals surface area contributed by atoms with Gasteiger partial charge in [-0.3, -0.25) is 24.1 Å². The van der Waals surface area contributed by atoms with Gasteiger partial charge in [-0.05, 0) is 115 Å². The molecule has 3 heterocycles. The molecule has 5 aromatic rings. The van der Waals surface area contributed by atoms with Gasteiger partial charge in [-0.2, -0.15) is 5.26 Å². The maximum absolute atomic E-state index is 15.4. The number of unbranched alkanes of at least 4 members (excludes halogenated alkanes) is 1. The number of nitriles is 1. The summed E-state index contributed by atoms with van der Waals surface area (Å²) in [4.78, 5) is 63.6. The number of benzene rings is 4. The Hall–Kier alpha value is -6.38. The van der Waals surface area contributed by atoms with E-state index in [-0.39, 0.29) is 57.4 Å². The molecule has 3 atom stereocenters. The average molecular weight is 959 g/mol. The number of rotatable bonds is 18. The van der Waals surface area contributed by atoms with E-state index in [4.69, 9.17) is 21.7 Å². The normalized spacial score (nSPS) is 16.5. The maximum atomic E-state index is 15.4. The summed E-state index contributed by atoms with van der Waals surface area (Å²) < 4.78 is 26.8. The van der Waals surface area contributed by atoms with Crippen molar-refractivity contribution in [2.75, 3.05) is 42.7 Å². The van der Waals surface area contributed by atoms with Gasteiger partial charge in [-0.25, -0.2) is 9.37 Å². The number of nitrogens with zero attached hydrogens (tertiary/aromatic N) is 5. The number of halogens is 1. The van der Waals surface area contributed by atoms with Crippen molar-refractivity contribution in [3.63, 3.8) is 0 Å². The van der Waals surface area contributed by atoms with Crippen LogP contribution in [0.25, 0.3) is 21.6 Å². The van der Waals surface area contributed by atoms with Crippen LogP contribution in [0.3, 0.4) is 0 Å². The number of hydrogen-bond acceptors (Lipinski definition) is 11. The molecule has 0 bridgehead atoms. The molecule has 13 nitrogen and oxygen atoms in total. The van der Waals surface area contributed by atoms with Gasteiger partial charge in [0.15, 0.2) is 10.9 Å². The second kappa shape index (κ2) is 21.7. The minimum Gasteiger partial charge on any atom is -0.493 e. The van der Waals surface area contributed by atoms with Gasteiger partial charge in [0.1, 0.15) is 30.8 Å². The molecule has 0 radical (unpaired) electrons. The zero-order valence-corrected chi connectivity index (χ0v) is 40.4. The molecule has 354 valence electrons. The van der Waals surface area contributed by atoms with Crippen LogP contribution in [0.15, 0.2) is 90.4 Å². The van der Waals surface area contributed by atoms with Gasteiger partial charge < -0.3 is 29.7 Å². The Morgan fingerprint density at radius 3 is 2.35 bits per heavy atom. The number of thiocarbonyl (C=S) groups is 1. The van der Waals surface area contributed by atoms with Crippen molar-refractivity contribution >= 4 is 63.5 Å². The van der Waals surface area contributed by atoms with Crippen molar-refractivity contribution < 1.29 is 38.1 Å². The third-order valence-electron chi connectivity index (χ3n) is 12.1. The zero-order valence-electron chi connectivity index (χ0n) is 38.8. The Balaban J connectivity index is 0.829. The highest BCUT2D eigenvalue weighted by molar-refractivity contribution is 7.81. The highest BCUT2D eigenvalue weighted by Gasteiger charge is 2.44. The Bertz CT molecular complexity index is 2710. The number of anilines is 2. The van der Waals surface area contributed by atoms with Gasteiger partial charge in [0, 0.05) is 43.3 Å². The molecule has 68 heavy (non-hydrogen) atoms. The van der Waals surface area contributed by atoms with E-state index in [9.17, 15) is 29.5 Å². The molecule has 2 fully saturated rings. The Morgan fingerprint density at radius 2 is 1.69 bits per heavy atom. The number of carbonyl (C=O) groups is 4. The maximum Gasteiger partial charge on any atom is 0.253 e. The van der Waals surface area contributed by atoms with E-state index in [2.05, 4.69) is 16.4 Å². The van der Waals surface area contributed by atoms with Crippen molar-refractivity contribution in [2.24, 2.45) is 5.41 Å². The number of amides is 3. The number of β-amino-alcohol motifs (C(OH)–C–C–N with tert-alkyl or cyclic N) is 1.